The molecule has 4 N–H and O–H groups in total. The highest BCUT2D eigenvalue weighted by Crippen LogP contribution is 2.19. The zero-order chi connectivity index (χ0) is 11.4. The quantitative estimate of drug-likeness (QED) is 0.699. The van der Waals surface area contributed by atoms with E-state index in [0.717, 1.165) is 25.8 Å². The van der Waals surface area contributed by atoms with Crippen molar-refractivity contribution in [3.63, 3.8) is 0 Å². The predicted molar refractivity (Wildman–Crippen MR) is 60.0 cm³/mol. The fraction of sp³-hybridized carbons (Fsp3) is 0.800. The Morgan fingerprint density at radius 1 is 1.40 bits per heavy atom. The summed E-state index contributed by atoms with van der Waals surface area (Å²) in [6, 6.07) is 0. The lowest BCUT2D eigenvalue weighted by atomic mass is 9.97. The number of hydrogen-bond acceptors (Lipinski definition) is 4. The summed E-state index contributed by atoms with van der Waals surface area (Å²) in [6.07, 6.45) is 2.34. The van der Waals surface area contributed by atoms with Gasteiger partial charge < -0.3 is 16.4 Å². The summed E-state index contributed by atoms with van der Waals surface area (Å²) in [7, 11) is 0. The van der Waals surface area contributed by atoms with Crippen LogP contribution in [0, 0.1) is 5.92 Å². The number of amides is 1. The average molecular weight is 212 g/mol. The lowest BCUT2D eigenvalue weighted by Crippen LogP contribution is -2.58. The van der Waals surface area contributed by atoms with Gasteiger partial charge in [-0.3, -0.25) is 4.79 Å². The van der Waals surface area contributed by atoms with Gasteiger partial charge >= 0.3 is 0 Å². The SMILES string of the molecule is CCCC1C(=O)N=C(N)N(CCC)C1N. The molecular weight excluding hydrogens is 192 g/mol. The predicted octanol–water partition coefficient (Wildman–Crippen LogP) is 0.254. The minimum absolute atomic E-state index is 0.172. The monoisotopic (exact) mass is 212 g/mol. The van der Waals surface area contributed by atoms with Crippen molar-refractivity contribution in [3.8, 4) is 0 Å². The number of carbonyl (C=O) groups excluding carboxylic acids is 1. The third-order valence-corrected chi connectivity index (χ3v) is 2.67. The van der Waals surface area contributed by atoms with Crippen LogP contribution >= 0.6 is 0 Å². The van der Waals surface area contributed by atoms with Gasteiger partial charge in [-0.1, -0.05) is 20.3 Å². The van der Waals surface area contributed by atoms with Crippen molar-refractivity contribution in [2.45, 2.75) is 39.3 Å². The molecule has 1 heterocycles. The second-order valence-corrected chi connectivity index (χ2v) is 3.89. The van der Waals surface area contributed by atoms with Crippen molar-refractivity contribution in [1.29, 1.82) is 0 Å². The van der Waals surface area contributed by atoms with E-state index in [1.165, 1.54) is 0 Å². The summed E-state index contributed by atoms with van der Waals surface area (Å²) >= 11 is 0. The van der Waals surface area contributed by atoms with E-state index in [1.54, 1.807) is 0 Å². The fourth-order valence-electron chi connectivity index (χ4n) is 1.89. The van der Waals surface area contributed by atoms with Crippen LogP contribution in [-0.4, -0.2) is 29.5 Å². The van der Waals surface area contributed by atoms with Gasteiger partial charge in [0.25, 0.3) is 5.91 Å². The summed E-state index contributed by atoms with van der Waals surface area (Å²) in [5.41, 5.74) is 11.7. The third-order valence-electron chi connectivity index (χ3n) is 2.67. The molecule has 1 amide bonds. The molecule has 15 heavy (non-hydrogen) atoms. The van der Waals surface area contributed by atoms with E-state index < -0.39 is 0 Å². The minimum atomic E-state index is -0.310. The molecule has 5 heteroatoms. The lowest BCUT2D eigenvalue weighted by molar-refractivity contribution is -0.124. The molecule has 1 aliphatic heterocycles. The van der Waals surface area contributed by atoms with Crippen molar-refractivity contribution in [2.24, 2.45) is 22.4 Å². The van der Waals surface area contributed by atoms with E-state index >= 15 is 0 Å². The van der Waals surface area contributed by atoms with E-state index in [0.29, 0.717) is 0 Å². The van der Waals surface area contributed by atoms with Gasteiger partial charge in [0.05, 0.1) is 12.1 Å². The number of guanidine groups is 1. The van der Waals surface area contributed by atoms with Crippen molar-refractivity contribution < 1.29 is 4.79 Å². The third kappa shape index (κ3) is 2.47. The number of nitrogens with two attached hydrogens (primary N) is 2. The van der Waals surface area contributed by atoms with E-state index in [4.69, 9.17) is 11.5 Å². The van der Waals surface area contributed by atoms with Gasteiger partial charge in [-0.15, -0.1) is 0 Å². The largest absolute Gasteiger partial charge is 0.369 e. The van der Waals surface area contributed by atoms with E-state index in [2.05, 4.69) is 4.99 Å². The molecule has 1 aliphatic rings. The molecule has 0 aliphatic carbocycles. The second-order valence-electron chi connectivity index (χ2n) is 3.89. The number of hydrogen-bond donors (Lipinski definition) is 2. The molecular formula is C10H20N4O. The normalized spacial score (nSPS) is 26.7. The first-order valence-electron chi connectivity index (χ1n) is 5.52. The number of rotatable bonds is 4. The Balaban J connectivity index is 2.83. The van der Waals surface area contributed by atoms with Crippen LogP contribution < -0.4 is 11.5 Å². The maximum atomic E-state index is 11.6. The van der Waals surface area contributed by atoms with Crippen LogP contribution in [0.1, 0.15) is 33.1 Å². The molecule has 5 nitrogen and oxygen atoms in total. The van der Waals surface area contributed by atoms with Crippen LogP contribution in [0.15, 0.2) is 4.99 Å². The zero-order valence-corrected chi connectivity index (χ0v) is 9.44. The molecule has 86 valence electrons. The van der Waals surface area contributed by atoms with Crippen LogP contribution in [0.25, 0.3) is 0 Å². The minimum Gasteiger partial charge on any atom is -0.369 e. The molecule has 2 unspecified atom stereocenters. The van der Waals surface area contributed by atoms with Gasteiger partial charge in [-0.2, -0.15) is 4.99 Å². The Morgan fingerprint density at radius 3 is 2.60 bits per heavy atom. The Kier molecular flexibility index (Phi) is 4.08. The molecule has 0 aromatic rings. The van der Waals surface area contributed by atoms with E-state index in [9.17, 15) is 4.79 Å². The van der Waals surface area contributed by atoms with E-state index in [-0.39, 0.29) is 24.0 Å². The summed E-state index contributed by atoms with van der Waals surface area (Å²) in [6.45, 7) is 4.83. The first-order chi connectivity index (χ1) is 7.11. The Hall–Kier alpha value is -1.10. The first kappa shape index (κ1) is 12.0. The van der Waals surface area contributed by atoms with Crippen LogP contribution in [0.4, 0.5) is 0 Å². The molecule has 0 spiro atoms. The van der Waals surface area contributed by atoms with Crippen molar-refractivity contribution in [1.82, 2.24) is 4.90 Å². The van der Waals surface area contributed by atoms with Crippen LogP contribution in [-0.2, 0) is 4.79 Å². The first-order valence-corrected chi connectivity index (χ1v) is 5.52. The zero-order valence-electron chi connectivity index (χ0n) is 9.44. The van der Waals surface area contributed by atoms with Gasteiger partial charge in [0.1, 0.15) is 0 Å². The Labute approximate surface area is 90.5 Å². The van der Waals surface area contributed by atoms with Gasteiger partial charge in [-0.25, -0.2) is 0 Å². The summed E-state index contributed by atoms with van der Waals surface area (Å²) in [5, 5.41) is 0. The molecule has 0 radical (unpaired) electrons. The number of nitrogens with zero attached hydrogens (tertiary/aromatic N) is 2. The highest BCUT2D eigenvalue weighted by Gasteiger charge is 2.34. The Bertz CT molecular complexity index is 264. The molecule has 0 saturated heterocycles. The van der Waals surface area contributed by atoms with Crippen LogP contribution in [0.2, 0.25) is 0 Å². The summed E-state index contributed by atoms with van der Waals surface area (Å²) in [5.74, 6) is -0.107. The van der Waals surface area contributed by atoms with Crippen LogP contribution in [0.5, 0.6) is 0 Å². The Morgan fingerprint density at radius 2 is 2.07 bits per heavy atom. The van der Waals surface area contributed by atoms with Crippen molar-refractivity contribution in [2.75, 3.05) is 6.54 Å². The van der Waals surface area contributed by atoms with Gasteiger partial charge in [0, 0.05) is 6.54 Å². The molecule has 0 fully saturated rings. The highest BCUT2D eigenvalue weighted by atomic mass is 16.1. The van der Waals surface area contributed by atoms with Crippen LogP contribution in [0.3, 0.4) is 0 Å². The second kappa shape index (κ2) is 5.11. The van der Waals surface area contributed by atoms with Gasteiger partial charge in [0.15, 0.2) is 0 Å². The molecule has 0 aromatic heterocycles. The molecule has 2 atom stereocenters. The fourth-order valence-corrected chi connectivity index (χ4v) is 1.89. The van der Waals surface area contributed by atoms with Crippen molar-refractivity contribution in [3.05, 3.63) is 0 Å². The summed E-state index contributed by atoms with van der Waals surface area (Å²) < 4.78 is 0. The molecule has 0 aromatic carbocycles. The molecule has 1 rings (SSSR count). The number of carbonyl (C=O) groups is 1. The van der Waals surface area contributed by atoms with Gasteiger partial charge in [-0.05, 0) is 12.8 Å². The van der Waals surface area contributed by atoms with Gasteiger partial charge in [0.2, 0.25) is 5.96 Å². The highest BCUT2D eigenvalue weighted by molar-refractivity contribution is 5.96. The molecule has 0 bridgehead atoms. The summed E-state index contributed by atoms with van der Waals surface area (Å²) in [4.78, 5) is 17.2. The average Bonchev–Trinajstić information content (AvgIpc) is 2.19. The topological polar surface area (TPSA) is 84.7 Å². The standard InChI is InChI=1S/C10H20N4O/c1-3-5-7-8(11)14(6-4-2)10(12)13-9(7)15/h7-8H,3-6,11H2,1-2H3,(H2,12,13,15). The maximum Gasteiger partial charge on any atom is 0.255 e. The number of aliphatic imine (C=N–C) groups is 1. The lowest BCUT2D eigenvalue weighted by Gasteiger charge is -2.36. The smallest absolute Gasteiger partial charge is 0.255 e. The van der Waals surface area contributed by atoms with E-state index in [1.807, 2.05) is 18.7 Å². The molecule has 0 saturated carbocycles. The maximum absolute atomic E-state index is 11.6. The van der Waals surface area contributed by atoms with Crippen molar-refractivity contribution >= 4 is 11.9 Å².